The molecule has 0 aromatic heterocycles. The van der Waals surface area contributed by atoms with Crippen molar-refractivity contribution in [1.29, 1.82) is 0 Å². The van der Waals surface area contributed by atoms with Gasteiger partial charge < -0.3 is 5.32 Å². The molecule has 1 nitrogen and oxygen atoms in total. The van der Waals surface area contributed by atoms with Crippen molar-refractivity contribution in [2.24, 2.45) is 5.92 Å². The highest BCUT2D eigenvalue weighted by atomic mass is 14.9. The summed E-state index contributed by atoms with van der Waals surface area (Å²) in [5.74, 6) is 0.765. The summed E-state index contributed by atoms with van der Waals surface area (Å²) in [6, 6.07) is 0.696. The monoisotopic (exact) mass is 125 g/mol. The predicted octanol–water partition coefficient (Wildman–Crippen LogP) is 1.56. The number of nitrogens with one attached hydrogen (secondary N) is 1. The zero-order chi connectivity index (χ0) is 6.69. The molecule has 2 atom stereocenters. The standard InChI is InChI=1S/C8H15N/c1-3-8-4-5-9-7(2)6-8/h3,7-9H,1,4-6H2,2H3/t7-,8+/m0/s1. The van der Waals surface area contributed by atoms with Crippen molar-refractivity contribution >= 4 is 0 Å². The van der Waals surface area contributed by atoms with Crippen LogP contribution in [0.4, 0.5) is 0 Å². The predicted molar refractivity (Wildman–Crippen MR) is 40.4 cm³/mol. The quantitative estimate of drug-likeness (QED) is 0.524. The normalized spacial score (nSPS) is 36.1. The summed E-state index contributed by atoms with van der Waals surface area (Å²) in [5.41, 5.74) is 0. The zero-order valence-corrected chi connectivity index (χ0v) is 6.06. The van der Waals surface area contributed by atoms with Crippen LogP contribution < -0.4 is 5.32 Å². The van der Waals surface area contributed by atoms with Gasteiger partial charge in [0.2, 0.25) is 0 Å². The maximum Gasteiger partial charge on any atom is 0.00443 e. The van der Waals surface area contributed by atoms with Gasteiger partial charge in [-0.3, -0.25) is 0 Å². The molecule has 0 unspecified atom stereocenters. The van der Waals surface area contributed by atoms with Crippen molar-refractivity contribution in [1.82, 2.24) is 5.32 Å². The molecule has 1 heterocycles. The first kappa shape index (κ1) is 6.81. The van der Waals surface area contributed by atoms with Crippen molar-refractivity contribution in [3.05, 3.63) is 12.7 Å². The van der Waals surface area contributed by atoms with E-state index in [1.165, 1.54) is 12.8 Å². The number of allylic oxidation sites excluding steroid dienone is 1. The van der Waals surface area contributed by atoms with E-state index >= 15 is 0 Å². The molecular formula is C8H15N. The van der Waals surface area contributed by atoms with Crippen LogP contribution in [-0.2, 0) is 0 Å². The van der Waals surface area contributed by atoms with E-state index in [1.807, 2.05) is 0 Å². The minimum absolute atomic E-state index is 0.696. The van der Waals surface area contributed by atoms with E-state index in [2.05, 4.69) is 24.9 Å². The van der Waals surface area contributed by atoms with Gasteiger partial charge >= 0.3 is 0 Å². The fraction of sp³-hybridized carbons (Fsp3) is 0.750. The molecule has 1 fully saturated rings. The third-order valence-corrected chi connectivity index (χ3v) is 2.00. The van der Waals surface area contributed by atoms with Crippen molar-refractivity contribution in [3.8, 4) is 0 Å². The molecule has 0 radical (unpaired) electrons. The van der Waals surface area contributed by atoms with Gasteiger partial charge in [0.15, 0.2) is 0 Å². The third-order valence-electron chi connectivity index (χ3n) is 2.00. The maximum absolute atomic E-state index is 3.79. The van der Waals surface area contributed by atoms with Gasteiger partial charge in [0.25, 0.3) is 0 Å². The van der Waals surface area contributed by atoms with E-state index in [1.54, 1.807) is 0 Å². The molecule has 1 rings (SSSR count). The van der Waals surface area contributed by atoms with Crippen LogP contribution in [0, 0.1) is 5.92 Å². The Balaban J connectivity index is 2.31. The lowest BCUT2D eigenvalue weighted by atomic mass is 9.94. The topological polar surface area (TPSA) is 12.0 Å². The van der Waals surface area contributed by atoms with Crippen molar-refractivity contribution in [3.63, 3.8) is 0 Å². The first-order chi connectivity index (χ1) is 4.33. The van der Waals surface area contributed by atoms with Crippen molar-refractivity contribution < 1.29 is 0 Å². The summed E-state index contributed by atoms with van der Waals surface area (Å²) in [4.78, 5) is 0. The van der Waals surface area contributed by atoms with Crippen LogP contribution in [0.25, 0.3) is 0 Å². The molecule has 1 aliphatic heterocycles. The van der Waals surface area contributed by atoms with E-state index in [0.717, 1.165) is 12.5 Å². The molecule has 1 saturated heterocycles. The van der Waals surface area contributed by atoms with E-state index in [-0.39, 0.29) is 0 Å². The Morgan fingerprint density at radius 3 is 2.89 bits per heavy atom. The van der Waals surface area contributed by atoms with E-state index in [4.69, 9.17) is 0 Å². The van der Waals surface area contributed by atoms with E-state index < -0.39 is 0 Å². The molecule has 1 aliphatic rings. The zero-order valence-electron chi connectivity index (χ0n) is 6.06. The first-order valence-electron chi connectivity index (χ1n) is 3.69. The summed E-state index contributed by atoms with van der Waals surface area (Å²) in [6.07, 6.45) is 4.62. The summed E-state index contributed by atoms with van der Waals surface area (Å²) in [7, 11) is 0. The Morgan fingerprint density at radius 1 is 1.67 bits per heavy atom. The summed E-state index contributed by atoms with van der Waals surface area (Å²) in [5, 5.41) is 3.40. The summed E-state index contributed by atoms with van der Waals surface area (Å²) in [6.45, 7) is 7.19. The van der Waals surface area contributed by atoms with Crippen molar-refractivity contribution in [2.75, 3.05) is 6.54 Å². The van der Waals surface area contributed by atoms with Gasteiger partial charge in [-0.15, -0.1) is 6.58 Å². The Hall–Kier alpha value is -0.300. The molecule has 0 aromatic rings. The Labute approximate surface area is 57.1 Å². The minimum Gasteiger partial charge on any atom is -0.314 e. The summed E-state index contributed by atoms with van der Waals surface area (Å²) < 4.78 is 0. The first-order valence-corrected chi connectivity index (χ1v) is 3.69. The molecule has 0 spiro atoms. The lowest BCUT2D eigenvalue weighted by molar-refractivity contribution is 0.362. The molecule has 1 N–H and O–H groups in total. The highest BCUT2D eigenvalue weighted by Gasteiger charge is 2.14. The van der Waals surface area contributed by atoms with Crippen LogP contribution in [0.1, 0.15) is 19.8 Å². The van der Waals surface area contributed by atoms with Gasteiger partial charge in [-0.2, -0.15) is 0 Å². The highest BCUT2D eigenvalue weighted by molar-refractivity contribution is 4.85. The Morgan fingerprint density at radius 2 is 2.44 bits per heavy atom. The summed E-state index contributed by atoms with van der Waals surface area (Å²) >= 11 is 0. The number of hydrogen-bond donors (Lipinski definition) is 1. The van der Waals surface area contributed by atoms with Crippen LogP contribution in [0.2, 0.25) is 0 Å². The molecule has 0 saturated carbocycles. The molecule has 9 heavy (non-hydrogen) atoms. The van der Waals surface area contributed by atoms with Crippen LogP contribution in [0.3, 0.4) is 0 Å². The van der Waals surface area contributed by atoms with Crippen molar-refractivity contribution in [2.45, 2.75) is 25.8 Å². The van der Waals surface area contributed by atoms with Gasteiger partial charge in [0.1, 0.15) is 0 Å². The van der Waals surface area contributed by atoms with Gasteiger partial charge in [0.05, 0.1) is 0 Å². The lowest BCUT2D eigenvalue weighted by Crippen LogP contribution is -2.34. The Kier molecular flexibility index (Phi) is 2.29. The molecule has 1 heteroatoms. The van der Waals surface area contributed by atoms with Crippen LogP contribution in [-0.4, -0.2) is 12.6 Å². The third kappa shape index (κ3) is 1.83. The molecule has 52 valence electrons. The number of rotatable bonds is 1. The Bertz CT molecular complexity index is 98.7. The minimum atomic E-state index is 0.696. The molecule has 0 amide bonds. The fourth-order valence-electron chi connectivity index (χ4n) is 1.38. The second kappa shape index (κ2) is 3.02. The van der Waals surface area contributed by atoms with E-state index in [9.17, 15) is 0 Å². The second-order valence-electron chi connectivity index (χ2n) is 2.88. The van der Waals surface area contributed by atoms with Crippen LogP contribution >= 0.6 is 0 Å². The van der Waals surface area contributed by atoms with Crippen LogP contribution in [0.5, 0.6) is 0 Å². The fourth-order valence-corrected chi connectivity index (χ4v) is 1.38. The molecule has 0 bridgehead atoms. The largest absolute Gasteiger partial charge is 0.314 e. The van der Waals surface area contributed by atoms with Crippen LogP contribution in [0.15, 0.2) is 12.7 Å². The average Bonchev–Trinajstić information content (AvgIpc) is 1.88. The van der Waals surface area contributed by atoms with Gasteiger partial charge in [-0.1, -0.05) is 6.08 Å². The maximum atomic E-state index is 3.79. The average molecular weight is 125 g/mol. The lowest BCUT2D eigenvalue weighted by Gasteiger charge is -2.25. The second-order valence-corrected chi connectivity index (χ2v) is 2.88. The molecular weight excluding hydrogens is 110 g/mol. The SMILES string of the molecule is C=C[C@@H]1CCN[C@@H](C)C1. The van der Waals surface area contributed by atoms with Gasteiger partial charge in [0, 0.05) is 6.04 Å². The van der Waals surface area contributed by atoms with Gasteiger partial charge in [-0.25, -0.2) is 0 Å². The molecule has 0 aliphatic carbocycles. The number of piperidine rings is 1. The number of hydrogen-bond acceptors (Lipinski definition) is 1. The highest BCUT2D eigenvalue weighted by Crippen LogP contribution is 2.15. The van der Waals surface area contributed by atoms with E-state index in [0.29, 0.717) is 6.04 Å². The van der Waals surface area contributed by atoms with Gasteiger partial charge in [-0.05, 0) is 32.2 Å². The molecule has 0 aromatic carbocycles. The smallest absolute Gasteiger partial charge is 0.00443 e.